The summed E-state index contributed by atoms with van der Waals surface area (Å²) in [5.41, 5.74) is 0.836. The molecular formula is C15H20N2O4. The molecule has 0 radical (unpaired) electrons. The van der Waals surface area contributed by atoms with Crippen molar-refractivity contribution in [2.75, 3.05) is 11.9 Å². The molecule has 1 aliphatic carbocycles. The van der Waals surface area contributed by atoms with E-state index in [9.17, 15) is 20.0 Å². The van der Waals surface area contributed by atoms with Gasteiger partial charge in [-0.15, -0.1) is 0 Å². The maximum absolute atomic E-state index is 11.6. The number of rotatable bonds is 5. The number of hydrogen-bond donors (Lipinski definition) is 2. The molecule has 6 nitrogen and oxygen atoms in total. The smallest absolute Gasteiger partial charge is 0.311 e. The van der Waals surface area contributed by atoms with Gasteiger partial charge in [-0.3, -0.25) is 14.9 Å². The van der Waals surface area contributed by atoms with E-state index in [0.29, 0.717) is 19.4 Å². The third kappa shape index (κ3) is 3.32. The molecule has 114 valence electrons. The second-order valence-corrected chi connectivity index (χ2v) is 5.76. The SMILES string of the molecule is Cc1cc([N+](=O)[O-])ccc1NCC1(C(=O)O)CCCCC1. The normalized spacial score (nSPS) is 17.2. The van der Waals surface area contributed by atoms with Crippen molar-refractivity contribution in [3.05, 3.63) is 33.9 Å². The van der Waals surface area contributed by atoms with Crippen molar-refractivity contribution in [3.63, 3.8) is 0 Å². The number of hydrogen-bond acceptors (Lipinski definition) is 4. The Kier molecular flexibility index (Phi) is 4.45. The van der Waals surface area contributed by atoms with Gasteiger partial charge in [-0.1, -0.05) is 19.3 Å². The fourth-order valence-electron chi connectivity index (χ4n) is 2.92. The zero-order valence-corrected chi connectivity index (χ0v) is 12.1. The van der Waals surface area contributed by atoms with Crippen LogP contribution in [0.25, 0.3) is 0 Å². The first-order valence-corrected chi connectivity index (χ1v) is 7.17. The lowest BCUT2D eigenvalue weighted by Gasteiger charge is -2.33. The van der Waals surface area contributed by atoms with Crippen LogP contribution in [0.1, 0.15) is 37.7 Å². The zero-order valence-electron chi connectivity index (χ0n) is 12.1. The molecule has 0 spiro atoms. The van der Waals surface area contributed by atoms with Crippen molar-refractivity contribution < 1.29 is 14.8 Å². The number of non-ortho nitro benzene ring substituents is 1. The van der Waals surface area contributed by atoms with Gasteiger partial charge >= 0.3 is 5.97 Å². The number of carbonyl (C=O) groups is 1. The molecule has 0 unspecified atom stereocenters. The molecular weight excluding hydrogens is 272 g/mol. The Balaban J connectivity index is 2.11. The highest BCUT2D eigenvalue weighted by atomic mass is 16.6. The molecule has 0 aliphatic heterocycles. The van der Waals surface area contributed by atoms with Crippen LogP contribution in [0.5, 0.6) is 0 Å². The Morgan fingerprint density at radius 2 is 2.05 bits per heavy atom. The summed E-state index contributed by atoms with van der Waals surface area (Å²) in [7, 11) is 0. The quantitative estimate of drug-likeness (QED) is 0.641. The average molecular weight is 292 g/mol. The van der Waals surface area contributed by atoms with Crippen LogP contribution in [0.15, 0.2) is 18.2 Å². The molecule has 1 aromatic carbocycles. The Bertz CT molecular complexity index is 551. The molecule has 1 fully saturated rings. The van der Waals surface area contributed by atoms with Gasteiger partial charge in [0.15, 0.2) is 0 Å². The van der Waals surface area contributed by atoms with Crippen molar-refractivity contribution in [1.29, 1.82) is 0 Å². The van der Waals surface area contributed by atoms with Gasteiger partial charge in [0.2, 0.25) is 0 Å². The molecule has 0 bridgehead atoms. The van der Waals surface area contributed by atoms with Gasteiger partial charge in [0.1, 0.15) is 0 Å². The summed E-state index contributed by atoms with van der Waals surface area (Å²) in [5, 5.41) is 23.4. The third-order valence-corrected chi connectivity index (χ3v) is 4.30. The highest BCUT2D eigenvalue weighted by molar-refractivity contribution is 5.75. The van der Waals surface area contributed by atoms with Gasteiger partial charge < -0.3 is 10.4 Å². The monoisotopic (exact) mass is 292 g/mol. The summed E-state index contributed by atoms with van der Waals surface area (Å²) in [5.74, 6) is -0.755. The van der Waals surface area contributed by atoms with Gasteiger partial charge in [0.25, 0.3) is 5.69 Å². The number of nitrogens with one attached hydrogen (secondary N) is 1. The van der Waals surface area contributed by atoms with Crippen molar-refractivity contribution in [3.8, 4) is 0 Å². The summed E-state index contributed by atoms with van der Waals surface area (Å²) in [6, 6.07) is 4.58. The standard InChI is InChI=1S/C15H20N2O4/c1-11-9-12(17(20)21)5-6-13(11)16-10-15(14(18)19)7-3-2-4-8-15/h5-6,9,16H,2-4,7-8,10H2,1H3,(H,18,19). The fraction of sp³-hybridized carbons (Fsp3) is 0.533. The van der Waals surface area contributed by atoms with Gasteiger partial charge in [-0.25, -0.2) is 0 Å². The van der Waals surface area contributed by atoms with Crippen LogP contribution in [0.3, 0.4) is 0 Å². The van der Waals surface area contributed by atoms with Crippen molar-refractivity contribution >= 4 is 17.3 Å². The molecule has 2 N–H and O–H groups in total. The van der Waals surface area contributed by atoms with Gasteiger partial charge in [0, 0.05) is 24.4 Å². The minimum Gasteiger partial charge on any atom is -0.481 e. The molecule has 21 heavy (non-hydrogen) atoms. The Morgan fingerprint density at radius 1 is 1.38 bits per heavy atom. The maximum atomic E-state index is 11.6. The molecule has 0 atom stereocenters. The van der Waals surface area contributed by atoms with Gasteiger partial charge in [0.05, 0.1) is 10.3 Å². The molecule has 6 heteroatoms. The lowest BCUT2D eigenvalue weighted by molar-refractivity contribution is -0.384. The Labute approximate surface area is 123 Å². The van der Waals surface area contributed by atoms with Crippen molar-refractivity contribution in [2.45, 2.75) is 39.0 Å². The molecule has 0 heterocycles. The van der Waals surface area contributed by atoms with Crippen molar-refractivity contribution in [1.82, 2.24) is 0 Å². The van der Waals surface area contributed by atoms with Crippen LogP contribution in [0.2, 0.25) is 0 Å². The first-order chi connectivity index (χ1) is 9.94. The summed E-state index contributed by atoms with van der Waals surface area (Å²) in [6.45, 7) is 2.14. The van der Waals surface area contributed by atoms with E-state index in [0.717, 1.165) is 30.5 Å². The first-order valence-electron chi connectivity index (χ1n) is 7.17. The first kappa shape index (κ1) is 15.3. The average Bonchev–Trinajstić information content (AvgIpc) is 2.46. The lowest BCUT2D eigenvalue weighted by atomic mass is 9.74. The maximum Gasteiger partial charge on any atom is 0.311 e. The predicted octanol–water partition coefficient (Wildman–Crippen LogP) is 3.35. The molecule has 0 saturated heterocycles. The Morgan fingerprint density at radius 3 is 2.57 bits per heavy atom. The minimum atomic E-state index is -0.755. The van der Waals surface area contributed by atoms with E-state index in [2.05, 4.69) is 5.32 Å². The van der Waals surface area contributed by atoms with Crippen LogP contribution in [-0.2, 0) is 4.79 Å². The van der Waals surface area contributed by atoms with Crippen LogP contribution in [-0.4, -0.2) is 22.5 Å². The number of nitrogens with zero attached hydrogens (tertiary/aromatic N) is 1. The highest BCUT2D eigenvalue weighted by Gasteiger charge is 2.39. The van der Waals surface area contributed by atoms with E-state index in [1.165, 1.54) is 12.1 Å². The number of carboxylic acids is 1. The molecule has 1 aromatic rings. The summed E-state index contributed by atoms with van der Waals surface area (Å²) >= 11 is 0. The summed E-state index contributed by atoms with van der Waals surface area (Å²) in [6.07, 6.45) is 4.33. The molecule has 0 aromatic heterocycles. The van der Waals surface area contributed by atoms with E-state index in [1.807, 2.05) is 0 Å². The number of anilines is 1. The molecule has 0 amide bonds. The Hall–Kier alpha value is -2.11. The second-order valence-electron chi connectivity index (χ2n) is 5.76. The number of nitro benzene ring substituents is 1. The van der Waals surface area contributed by atoms with E-state index < -0.39 is 16.3 Å². The van der Waals surface area contributed by atoms with Gasteiger partial charge in [-0.2, -0.15) is 0 Å². The minimum absolute atomic E-state index is 0.0451. The topological polar surface area (TPSA) is 92.5 Å². The number of nitro groups is 1. The highest BCUT2D eigenvalue weighted by Crippen LogP contribution is 2.37. The van der Waals surface area contributed by atoms with Crippen LogP contribution >= 0.6 is 0 Å². The number of benzene rings is 1. The van der Waals surface area contributed by atoms with Crippen LogP contribution in [0, 0.1) is 22.5 Å². The number of aryl methyl sites for hydroxylation is 1. The second kappa shape index (κ2) is 6.11. The van der Waals surface area contributed by atoms with E-state index in [-0.39, 0.29) is 5.69 Å². The molecule has 1 aliphatic rings. The van der Waals surface area contributed by atoms with E-state index >= 15 is 0 Å². The number of aliphatic carboxylic acids is 1. The van der Waals surface area contributed by atoms with Crippen LogP contribution in [0.4, 0.5) is 11.4 Å². The van der Waals surface area contributed by atoms with E-state index in [1.54, 1.807) is 13.0 Å². The largest absolute Gasteiger partial charge is 0.481 e. The lowest BCUT2D eigenvalue weighted by Crippen LogP contribution is -2.39. The summed E-state index contributed by atoms with van der Waals surface area (Å²) in [4.78, 5) is 21.9. The zero-order chi connectivity index (χ0) is 15.5. The van der Waals surface area contributed by atoms with Crippen molar-refractivity contribution in [2.24, 2.45) is 5.41 Å². The molecule has 2 rings (SSSR count). The van der Waals surface area contributed by atoms with Crippen LogP contribution < -0.4 is 5.32 Å². The van der Waals surface area contributed by atoms with E-state index in [4.69, 9.17) is 0 Å². The summed E-state index contributed by atoms with van der Waals surface area (Å²) < 4.78 is 0. The fourth-order valence-corrected chi connectivity index (χ4v) is 2.92. The van der Waals surface area contributed by atoms with Gasteiger partial charge in [-0.05, 0) is 31.4 Å². The number of carboxylic acid groups (broad SMARTS) is 1. The third-order valence-electron chi connectivity index (χ3n) is 4.30. The predicted molar refractivity (Wildman–Crippen MR) is 79.5 cm³/mol. The molecule has 1 saturated carbocycles.